The lowest BCUT2D eigenvalue weighted by Crippen LogP contribution is -2.45. The summed E-state index contributed by atoms with van der Waals surface area (Å²) in [4.78, 5) is 24.6. The van der Waals surface area contributed by atoms with Crippen molar-refractivity contribution in [3.05, 3.63) is 0 Å². The van der Waals surface area contributed by atoms with Crippen LogP contribution in [-0.2, 0) is 0 Å². The van der Waals surface area contributed by atoms with Crippen molar-refractivity contribution in [1.29, 1.82) is 0 Å². The fourth-order valence-electron chi connectivity index (χ4n) is 0.237. The summed E-state index contributed by atoms with van der Waals surface area (Å²) in [6, 6.07) is 0. The lowest BCUT2D eigenvalue weighted by atomic mass is 11.3. The van der Waals surface area contributed by atoms with Gasteiger partial charge in [-0.05, 0) is 7.05 Å². The van der Waals surface area contributed by atoms with Gasteiger partial charge in [-0.2, -0.15) is 0 Å². The van der Waals surface area contributed by atoms with Crippen LogP contribution in [0.1, 0.15) is 0 Å². The van der Waals surface area contributed by atoms with Crippen LogP contribution in [0.2, 0.25) is 0 Å². The van der Waals surface area contributed by atoms with Gasteiger partial charge in [-0.3, -0.25) is 0 Å². The Morgan fingerprint density at radius 3 is 1.86 bits per heavy atom. The number of rotatable bonds is 2. The van der Waals surface area contributed by atoms with E-state index in [4.69, 9.17) is 14.4 Å². The summed E-state index contributed by atoms with van der Waals surface area (Å²) in [6.45, 7) is 0. The molecule has 0 saturated carbocycles. The highest BCUT2D eigenvalue weighted by Crippen LogP contribution is 1.77. The van der Waals surface area contributed by atoms with Crippen molar-refractivity contribution < 1.29 is 14.4 Å². The van der Waals surface area contributed by atoms with Crippen LogP contribution >= 0.6 is 0 Å². The van der Waals surface area contributed by atoms with Crippen LogP contribution in [0.4, 0.5) is 0 Å². The van der Waals surface area contributed by atoms with Crippen molar-refractivity contribution in [3.63, 3.8) is 0 Å². The molecule has 0 saturated heterocycles. The predicted octanol–water partition coefficient (Wildman–Crippen LogP) is -2.34. The van der Waals surface area contributed by atoms with E-state index in [0.29, 0.717) is 0 Å². The Kier molecular flexibility index (Phi) is 2.41. The molecular formula is C2H9NO3Si. The minimum atomic E-state index is -3.77. The molecule has 0 aromatic carbocycles. The van der Waals surface area contributed by atoms with Gasteiger partial charge in [-0.1, -0.05) is 0 Å². The van der Waals surface area contributed by atoms with Crippen LogP contribution in [0.5, 0.6) is 0 Å². The molecule has 0 atom stereocenters. The normalized spacial score (nSPS) is 12.0. The first-order valence-corrected chi connectivity index (χ1v) is 3.93. The van der Waals surface area contributed by atoms with E-state index in [1.165, 1.54) is 7.05 Å². The predicted molar refractivity (Wildman–Crippen MR) is 26.3 cm³/mol. The lowest BCUT2D eigenvalue weighted by molar-refractivity contribution is 0.226. The molecule has 7 heavy (non-hydrogen) atoms. The van der Waals surface area contributed by atoms with Gasteiger partial charge in [0.1, 0.15) is 0 Å². The summed E-state index contributed by atoms with van der Waals surface area (Å²) in [5.41, 5.74) is 0. The van der Waals surface area contributed by atoms with Gasteiger partial charge in [0, 0.05) is 0 Å². The molecule has 4 N–H and O–H groups in total. The van der Waals surface area contributed by atoms with Crippen molar-refractivity contribution >= 4 is 8.80 Å². The van der Waals surface area contributed by atoms with Gasteiger partial charge in [0.15, 0.2) is 0 Å². The highest BCUT2D eigenvalue weighted by atomic mass is 28.4. The summed E-state index contributed by atoms with van der Waals surface area (Å²) in [5, 5.41) is 2.42. The third kappa shape index (κ3) is 6.06. The summed E-state index contributed by atoms with van der Waals surface area (Å²) in [7, 11) is -2.24. The molecule has 0 radical (unpaired) electrons. The van der Waals surface area contributed by atoms with Gasteiger partial charge in [0.25, 0.3) is 0 Å². The van der Waals surface area contributed by atoms with Crippen molar-refractivity contribution in [1.82, 2.24) is 5.32 Å². The van der Waals surface area contributed by atoms with Gasteiger partial charge in [0.05, 0.1) is 6.17 Å². The molecule has 0 spiro atoms. The van der Waals surface area contributed by atoms with Crippen LogP contribution in [0.15, 0.2) is 0 Å². The standard InChI is InChI=1S/C2H9NO3Si/c1-3-2-7(4,5)6/h3-6H,2H2,1H3. The Hall–Kier alpha value is 0.0569. The Morgan fingerprint density at radius 2 is 1.86 bits per heavy atom. The zero-order valence-corrected chi connectivity index (χ0v) is 5.05. The fourth-order valence-corrected chi connectivity index (χ4v) is 0.712. The van der Waals surface area contributed by atoms with Crippen molar-refractivity contribution in [2.24, 2.45) is 0 Å². The molecule has 0 aromatic heterocycles. The van der Waals surface area contributed by atoms with E-state index in [1.807, 2.05) is 0 Å². The Bertz CT molecular complexity index is 51.4. The SMILES string of the molecule is CNC[Si](O)(O)O. The van der Waals surface area contributed by atoms with E-state index in [9.17, 15) is 0 Å². The van der Waals surface area contributed by atoms with Crippen LogP contribution in [0.25, 0.3) is 0 Å². The summed E-state index contributed by atoms with van der Waals surface area (Å²) >= 11 is 0. The van der Waals surface area contributed by atoms with Gasteiger partial charge in [-0.15, -0.1) is 0 Å². The maximum Gasteiger partial charge on any atom is 0.507 e. The Labute approximate surface area is 42.8 Å². The minimum absolute atomic E-state index is 0.104. The maximum atomic E-state index is 8.21. The molecule has 0 aliphatic carbocycles. The van der Waals surface area contributed by atoms with Crippen molar-refractivity contribution in [2.75, 3.05) is 13.2 Å². The first-order valence-electron chi connectivity index (χ1n) is 1.88. The molecule has 0 aliphatic heterocycles. The van der Waals surface area contributed by atoms with Crippen LogP contribution in [0.3, 0.4) is 0 Å². The van der Waals surface area contributed by atoms with Crippen LogP contribution < -0.4 is 5.32 Å². The topological polar surface area (TPSA) is 72.7 Å². The molecular weight excluding hydrogens is 114 g/mol. The van der Waals surface area contributed by atoms with Crippen molar-refractivity contribution in [2.45, 2.75) is 0 Å². The zero-order valence-electron chi connectivity index (χ0n) is 4.05. The quantitative estimate of drug-likeness (QED) is 0.310. The minimum Gasteiger partial charge on any atom is -0.389 e. The summed E-state index contributed by atoms with van der Waals surface area (Å²) in [5.74, 6) is 0. The number of hydrogen-bond acceptors (Lipinski definition) is 4. The van der Waals surface area contributed by atoms with Crippen molar-refractivity contribution in [3.8, 4) is 0 Å². The molecule has 0 heterocycles. The van der Waals surface area contributed by atoms with Gasteiger partial charge >= 0.3 is 8.80 Å². The highest BCUT2D eigenvalue weighted by Gasteiger charge is 2.24. The van der Waals surface area contributed by atoms with E-state index in [1.54, 1.807) is 0 Å². The first kappa shape index (κ1) is 7.06. The van der Waals surface area contributed by atoms with Gasteiger partial charge in [-0.25, -0.2) is 0 Å². The maximum absolute atomic E-state index is 8.21. The monoisotopic (exact) mass is 123 g/mol. The second-order valence-corrected chi connectivity index (χ2v) is 3.21. The number of hydrogen-bond donors (Lipinski definition) is 4. The third-order valence-electron chi connectivity index (χ3n) is 0.414. The molecule has 4 nitrogen and oxygen atoms in total. The molecule has 0 aliphatic rings. The molecule has 5 heteroatoms. The highest BCUT2D eigenvalue weighted by molar-refractivity contribution is 6.56. The molecule has 0 unspecified atom stereocenters. The summed E-state index contributed by atoms with van der Waals surface area (Å²) < 4.78 is 0. The molecule has 0 bridgehead atoms. The third-order valence-corrected chi connectivity index (χ3v) is 1.24. The van der Waals surface area contributed by atoms with E-state index >= 15 is 0 Å². The second kappa shape index (κ2) is 2.39. The average Bonchev–Trinajstić information content (AvgIpc) is 1.30. The fraction of sp³-hybridized carbons (Fsp3) is 1.00. The molecule has 0 aromatic rings. The second-order valence-electron chi connectivity index (χ2n) is 1.30. The van der Waals surface area contributed by atoms with Gasteiger partial charge in [0.2, 0.25) is 0 Å². The Morgan fingerprint density at radius 1 is 1.43 bits per heavy atom. The molecule has 0 rings (SSSR count). The number of nitrogens with one attached hydrogen (secondary N) is 1. The first-order chi connectivity index (χ1) is 3.06. The largest absolute Gasteiger partial charge is 0.507 e. The van der Waals surface area contributed by atoms with Crippen LogP contribution in [0, 0.1) is 0 Å². The van der Waals surface area contributed by atoms with E-state index in [0.717, 1.165) is 0 Å². The van der Waals surface area contributed by atoms with Gasteiger partial charge < -0.3 is 19.7 Å². The lowest BCUT2D eigenvalue weighted by Gasteiger charge is -2.05. The van der Waals surface area contributed by atoms with E-state index < -0.39 is 8.80 Å². The molecule has 0 fully saturated rings. The zero-order chi connectivity index (χ0) is 5.91. The molecule has 44 valence electrons. The van der Waals surface area contributed by atoms with E-state index in [-0.39, 0.29) is 6.17 Å². The average molecular weight is 123 g/mol. The Balaban J connectivity index is 3.15. The molecule has 0 amide bonds. The summed E-state index contributed by atoms with van der Waals surface area (Å²) in [6.07, 6.45) is -0.104. The smallest absolute Gasteiger partial charge is 0.389 e. The van der Waals surface area contributed by atoms with E-state index in [2.05, 4.69) is 5.32 Å². The van der Waals surface area contributed by atoms with Crippen LogP contribution in [-0.4, -0.2) is 36.4 Å².